The quantitative estimate of drug-likeness (QED) is 0.830. The van der Waals surface area contributed by atoms with Crippen molar-refractivity contribution >= 4 is 21.6 Å². The Morgan fingerprint density at radius 1 is 0.950 bits per heavy atom. The highest BCUT2D eigenvalue weighted by molar-refractivity contribution is 7.93. The predicted molar refractivity (Wildman–Crippen MR) is 77.3 cm³/mol. The molecule has 0 aromatic heterocycles. The smallest absolute Gasteiger partial charge is 0.253 e. The minimum atomic E-state index is -3.15. The zero-order valence-corrected chi connectivity index (χ0v) is 12.1. The van der Waals surface area contributed by atoms with E-state index in [9.17, 15) is 13.2 Å². The zero-order chi connectivity index (χ0) is 14.2. The molecule has 0 spiro atoms. The maximum absolute atomic E-state index is 12.2. The fourth-order valence-electron chi connectivity index (χ4n) is 2.80. The van der Waals surface area contributed by atoms with Gasteiger partial charge < -0.3 is 4.90 Å². The van der Waals surface area contributed by atoms with Crippen molar-refractivity contribution in [3.8, 4) is 0 Å². The van der Waals surface area contributed by atoms with Crippen LogP contribution in [-0.2, 0) is 10.0 Å². The molecule has 2 saturated heterocycles. The minimum absolute atomic E-state index is 0.0401. The number of hydrogen-bond donors (Lipinski definition) is 0. The molecule has 1 amide bonds. The summed E-state index contributed by atoms with van der Waals surface area (Å²) in [7, 11) is -3.15. The van der Waals surface area contributed by atoms with Crippen LogP contribution in [-0.4, -0.2) is 44.6 Å². The molecule has 0 aliphatic carbocycles. The van der Waals surface area contributed by atoms with Crippen LogP contribution >= 0.6 is 0 Å². The highest BCUT2D eigenvalue weighted by Crippen LogP contribution is 2.24. The number of sulfonamides is 1. The number of nitrogens with zero attached hydrogens (tertiary/aromatic N) is 2. The van der Waals surface area contributed by atoms with E-state index in [4.69, 9.17) is 0 Å². The van der Waals surface area contributed by atoms with E-state index in [0.717, 1.165) is 25.9 Å². The number of likely N-dealkylation sites (tertiary alicyclic amines) is 1. The van der Waals surface area contributed by atoms with Crippen LogP contribution < -0.4 is 4.31 Å². The van der Waals surface area contributed by atoms with Gasteiger partial charge in [0.25, 0.3) is 5.91 Å². The summed E-state index contributed by atoms with van der Waals surface area (Å²) in [5.41, 5.74) is 1.28. The molecule has 2 heterocycles. The molecule has 0 saturated carbocycles. The van der Waals surface area contributed by atoms with Crippen molar-refractivity contribution in [3.63, 3.8) is 0 Å². The van der Waals surface area contributed by atoms with E-state index in [1.807, 2.05) is 4.90 Å². The van der Waals surface area contributed by atoms with Gasteiger partial charge in [-0.3, -0.25) is 9.10 Å². The number of benzene rings is 1. The fraction of sp³-hybridized carbons (Fsp3) is 0.500. The summed E-state index contributed by atoms with van der Waals surface area (Å²) in [5, 5.41) is 0. The first-order valence-corrected chi connectivity index (χ1v) is 8.59. The van der Waals surface area contributed by atoms with Gasteiger partial charge in [0.15, 0.2) is 0 Å². The van der Waals surface area contributed by atoms with Crippen LogP contribution in [0.15, 0.2) is 24.3 Å². The second-order valence-electron chi connectivity index (χ2n) is 5.29. The highest BCUT2D eigenvalue weighted by atomic mass is 32.2. The Kier molecular flexibility index (Phi) is 3.41. The Hall–Kier alpha value is -1.56. The predicted octanol–water partition coefficient (Wildman–Crippen LogP) is 1.46. The number of carbonyl (C=O) groups excluding carboxylic acids is 1. The van der Waals surface area contributed by atoms with E-state index in [2.05, 4.69) is 0 Å². The molecule has 6 heteroatoms. The molecule has 0 radical (unpaired) electrons. The molecule has 2 aliphatic rings. The van der Waals surface area contributed by atoms with Gasteiger partial charge in [-0.2, -0.15) is 0 Å². The number of anilines is 1. The molecular formula is C14H18N2O3S. The molecule has 0 unspecified atom stereocenters. The molecule has 0 bridgehead atoms. The minimum Gasteiger partial charge on any atom is -0.339 e. The van der Waals surface area contributed by atoms with Crippen LogP contribution in [0.25, 0.3) is 0 Å². The Labute approximate surface area is 119 Å². The van der Waals surface area contributed by atoms with Crippen molar-refractivity contribution in [3.05, 3.63) is 29.8 Å². The van der Waals surface area contributed by atoms with Gasteiger partial charge >= 0.3 is 0 Å². The molecule has 2 fully saturated rings. The number of hydrogen-bond acceptors (Lipinski definition) is 3. The Bertz CT molecular complexity index is 604. The second-order valence-corrected chi connectivity index (χ2v) is 7.30. The summed E-state index contributed by atoms with van der Waals surface area (Å²) in [6, 6.07) is 6.91. The summed E-state index contributed by atoms with van der Waals surface area (Å²) in [5.74, 6) is 0.250. The van der Waals surface area contributed by atoms with Crippen LogP contribution in [0.3, 0.4) is 0 Å². The summed E-state index contributed by atoms with van der Waals surface area (Å²) < 4.78 is 25.1. The normalized spacial score (nSPS) is 21.4. The third-order valence-electron chi connectivity index (χ3n) is 3.89. The van der Waals surface area contributed by atoms with Crippen LogP contribution in [0.5, 0.6) is 0 Å². The van der Waals surface area contributed by atoms with Gasteiger partial charge in [-0.15, -0.1) is 0 Å². The Morgan fingerprint density at radius 3 is 2.15 bits per heavy atom. The molecule has 0 N–H and O–H groups in total. The monoisotopic (exact) mass is 294 g/mol. The first-order valence-electron chi connectivity index (χ1n) is 6.98. The molecule has 5 nitrogen and oxygen atoms in total. The molecule has 2 aliphatic heterocycles. The van der Waals surface area contributed by atoms with Gasteiger partial charge in [0.2, 0.25) is 10.0 Å². The van der Waals surface area contributed by atoms with Crippen molar-refractivity contribution < 1.29 is 13.2 Å². The van der Waals surface area contributed by atoms with E-state index >= 15 is 0 Å². The average Bonchev–Trinajstić information content (AvgIpc) is 3.07. The molecule has 3 rings (SSSR count). The lowest BCUT2D eigenvalue weighted by atomic mass is 10.2. The average molecular weight is 294 g/mol. The van der Waals surface area contributed by atoms with Gasteiger partial charge in [-0.05, 0) is 43.5 Å². The van der Waals surface area contributed by atoms with Crippen molar-refractivity contribution in [2.45, 2.75) is 19.3 Å². The van der Waals surface area contributed by atoms with E-state index < -0.39 is 10.0 Å². The van der Waals surface area contributed by atoms with E-state index in [0.29, 0.717) is 24.2 Å². The van der Waals surface area contributed by atoms with E-state index in [-0.39, 0.29) is 11.7 Å². The van der Waals surface area contributed by atoms with Crippen molar-refractivity contribution in [1.82, 2.24) is 4.90 Å². The highest BCUT2D eigenvalue weighted by Gasteiger charge is 2.28. The standard InChI is InChI=1S/C14H18N2O3S/c17-14(15-8-1-2-9-15)12-4-6-13(7-5-12)16-10-3-11-20(16,18)19/h4-7H,1-3,8-11H2. The van der Waals surface area contributed by atoms with Crippen LogP contribution in [0.1, 0.15) is 29.6 Å². The topological polar surface area (TPSA) is 57.7 Å². The maximum Gasteiger partial charge on any atom is 0.253 e. The Balaban J connectivity index is 1.79. The fourth-order valence-corrected chi connectivity index (χ4v) is 4.37. The van der Waals surface area contributed by atoms with Crippen LogP contribution in [0.4, 0.5) is 5.69 Å². The third-order valence-corrected chi connectivity index (χ3v) is 5.76. The summed E-state index contributed by atoms with van der Waals surface area (Å²) in [6.45, 7) is 2.17. The first kappa shape index (κ1) is 13.4. The molecule has 20 heavy (non-hydrogen) atoms. The lowest BCUT2D eigenvalue weighted by molar-refractivity contribution is 0.0793. The second kappa shape index (κ2) is 5.09. The van der Waals surface area contributed by atoms with Crippen molar-refractivity contribution in [2.75, 3.05) is 29.7 Å². The van der Waals surface area contributed by atoms with Gasteiger partial charge in [0.1, 0.15) is 0 Å². The van der Waals surface area contributed by atoms with Crippen LogP contribution in [0, 0.1) is 0 Å². The lowest BCUT2D eigenvalue weighted by Crippen LogP contribution is -2.28. The molecule has 108 valence electrons. The van der Waals surface area contributed by atoms with Gasteiger partial charge in [0, 0.05) is 25.2 Å². The summed E-state index contributed by atoms with van der Waals surface area (Å²) in [6.07, 6.45) is 2.79. The Morgan fingerprint density at radius 2 is 1.60 bits per heavy atom. The lowest BCUT2D eigenvalue weighted by Gasteiger charge is -2.18. The summed E-state index contributed by atoms with van der Waals surface area (Å²) >= 11 is 0. The third kappa shape index (κ3) is 2.40. The largest absolute Gasteiger partial charge is 0.339 e. The van der Waals surface area contributed by atoms with Gasteiger partial charge in [-0.25, -0.2) is 8.42 Å². The van der Waals surface area contributed by atoms with Gasteiger partial charge in [0.05, 0.1) is 11.4 Å². The maximum atomic E-state index is 12.2. The molecule has 1 aromatic rings. The van der Waals surface area contributed by atoms with Gasteiger partial charge in [-0.1, -0.05) is 0 Å². The first-order chi connectivity index (χ1) is 9.58. The molecular weight excluding hydrogens is 276 g/mol. The molecule has 1 aromatic carbocycles. The number of rotatable bonds is 2. The van der Waals surface area contributed by atoms with Crippen molar-refractivity contribution in [1.29, 1.82) is 0 Å². The number of carbonyl (C=O) groups is 1. The van der Waals surface area contributed by atoms with Crippen LogP contribution in [0.2, 0.25) is 0 Å². The number of amides is 1. The summed E-state index contributed by atoms with van der Waals surface area (Å²) in [4.78, 5) is 14.0. The van der Waals surface area contributed by atoms with Crippen molar-refractivity contribution in [2.24, 2.45) is 0 Å². The SMILES string of the molecule is O=C(c1ccc(N2CCCS2(=O)=O)cc1)N1CCCC1. The van der Waals surface area contributed by atoms with E-state index in [1.165, 1.54) is 4.31 Å². The van der Waals surface area contributed by atoms with E-state index in [1.54, 1.807) is 24.3 Å². The zero-order valence-electron chi connectivity index (χ0n) is 11.3. The molecule has 0 atom stereocenters.